The molecule has 6 nitrogen and oxygen atoms in total. The molecule has 0 aliphatic carbocycles. The number of likely N-dealkylation sites (tertiary alicyclic amines) is 1. The number of piperidine rings is 1. The van der Waals surface area contributed by atoms with Crippen molar-refractivity contribution in [2.45, 2.75) is 31.3 Å². The fourth-order valence-electron chi connectivity index (χ4n) is 3.56. The monoisotopic (exact) mass is 365 g/mol. The van der Waals surface area contributed by atoms with Gasteiger partial charge in [0.25, 0.3) is 0 Å². The summed E-state index contributed by atoms with van der Waals surface area (Å²) in [5.41, 5.74) is 7.25. The largest absolute Gasteiger partial charge is 0.382 e. The second-order valence-corrected chi connectivity index (χ2v) is 7.02. The van der Waals surface area contributed by atoms with E-state index in [1.54, 1.807) is 19.2 Å². The number of nitrogens with one attached hydrogen (secondary N) is 2. The molecule has 2 saturated heterocycles. The molecule has 1 aromatic rings. The summed E-state index contributed by atoms with van der Waals surface area (Å²) in [7, 11) is 1.67. The number of carbonyl (C=O) groups is 1. The summed E-state index contributed by atoms with van der Waals surface area (Å²) in [5, 5.41) is 0. The predicted octanol–water partition coefficient (Wildman–Crippen LogP) is 1.63. The zero-order chi connectivity index (χ0) is 18.4. The van der Waals surface area contributed by atoms with Crippen LogP contribution in [0.25, 0.3) is 0 Å². The predicted molar refractivity (Wildman–Crippen MR) is 95.8 cm³/mol. The second kappa shape index (κ2) is 9.41. The number of hydrogen-bond acceptors (Lipinski definition) is 5. The first-order valence-corrected chi connectivity index (χ1v) is 9.29. The zero-order valence-corrected chi connectivity index (χ0v) is 15.2. The van der Waals surface area contributed by atoms with Crippen LogP contribution in [-0.2, 0) is 14.3 Å². The molecule has 2 atom stereocenters. The van der Waals surface area contributed by atoms with Crippen molar-refractivity contribution in [3.05, 3.63) is 35.6 Å². The van der Waals surface area contributed by atoms with E-state index in [1.165, 1.54) is 12.1 Å². The molecule has 7 heteroatoms. The molecular formula is C19H28FN3O3. The van der Waals surface area contributed by atoms with Crippen LogP contribution in [0.4, 0.5) is 4.39 Å². The SMILES string of the molecule is COCCOCC1CCN(C(=O)C2CC(c3ccc(F)cc3)NN2)CC1. The lowest BCUT2D eigenvalue weighted by Gasteiger charge is -2.33. The number of nitrogens with zero attached hydrogens (tertiary/aromatic N) is 1. The highest BCUT2D eigenvalue weighted by molar-refractivity contribution is 5.82. The molecule has 2 fully saturated rings. The fraction of sp³-hybridized carbons (Fsp3) is 0.632. The van der Waals surface area contributed by atoms with Crippen molar-refractivity contribution in [3.63, 3.8) is 0 Å². The molecule has 2 aliphatic rings. The molecule has 2 heterocycles. The van der Waals surface area contributed by atoms with E-state index in [9.17, 15) is 9.18 Å². The van der Waals surface area contributed by atoms with Gasteiger partial charge in [0.05, 0.1) is 13.2 Å². The highest BCUT2D eigenvalue weighted by atomic mass is 19.1. The molecule has 0 aromatic heterocycles. The molecule has 0 bridgehead atoms. The van der Waals surface area contributed by atoms with Crippen LogP contribution in [0.5, 0.6) is 0 Å². The summed E-state index contributed by atoms with van der Waals surface area (Å²) in [4.78, 5) is 14.7. The van der Waals surface area contributed by atoms with Gasteiger partial charge in [0.1, 0.15) is 11.9 Å². The van der Waals surface area contributed by atoms with Gasteiger partial charge >= 0.3 is 0 Å². The first kappa shape index (κ1) is 19.2. The van der Waals surface area contributed by atoms with E-state index in [-0.39, 0.29) is 23.8 Å². The molecule has 2 unspecified atom stereocenters. The smallest absolute Gasteiger partial charge is 0.241 e. The average molecular weight is 365 g/mol. The van der Waals surface area contributed by atoms with Crippen molar-refractivity contribution in [2.75, 3.05) is 40.0 Å². The van der Waals surface area contributed by atoms with Crippen LogP contribution >= 0.6 is 0 Å². The molecule has 1 amide bonds. The van der Waals surface area contributed by atoms with Gasteiger partial charge in [-0.15, -0.1) is 0 Å². The summed E-state index contributed by atoms with van der Waals surface area (Å²) in [6, 6.07) is 6.21. The molecule has 0 radical (unpaired) electrons. The minimum Gasteiger partial charge on any atom is -0.382 e. The van der Waals surface area contributed by atoms with Gasteiger partial charge in [0.15, 0.2) is 0 Å². The molecule has 3 rings (SSSR count). The summed E-state index contributed by atoms with van der Waals surface area (Å²) in [5.74, 6) is 0.403. The molecule has 1 aromatic carbocycles. The quantitative estimate of drug-likeness (QED) is 0.720. The van der Waals surface area contributed by atoms with Crippen molar-refractivity contribution in [1.29, 1.82) is 0 Å². The maximum absolute atomic E-state index is 13.1. The van der Waals surface area contributed by atoms with Crippen molar-refractivity contribution < 1.29 is 18.7 Å². The number of rotatable bonds is 7. The van der Waals surface area contributed by atoms with Crippen molar-refractivity contribution in [2.24, 2.45) is 5.92 Å². The maximum atomic E-state index is 13.1. The number of amides is 1. The van der Waals surface area contributed by atoms with E-state index >= 15 is 0 Å². The first-order valence-electron chi connectivity index (χ1n) is 9.29. The lowest BCUT2D eigenvalue weighted by molar-refractivity contribution is -0.134. The number of ether oxygens (including phenoxy) is 2. The Kier molecular flexibility index (Phi) is 6.96. The number of benzene rings is 1. The Morgan fingerprint density at radius 1 is 1.19 bits per heavy atom. The van der Waals surface area contributed by atoms with Crippen LogP contribution < -0.4 is 10.9 Å². The van der Waals surface area contributed by atoms with Crippen LogP contribution in [0.15, 0.2) is 24.3 Å². The van der Waals surface area contributed by atoms with Gasteiger partial charge in [-0.2, -0.15) is 0 Å². The molecule has 0 spiro atoms. The number of methoxy groups -OCH3 is 1. The van der Waals surface area contributed by atoms with E-state index in [0.29, 0.717) is 25.6 Å². The number of halogens is 1. The van der Waals surface area contributed by atoms with Gasteiger partial charge in [0, 0.05) is 32.8 Å². The summed E-state index contributed by atoms with van der Waals surface area (Å²) in [6.45, 7) is 3.53. The molecule has 144 valence electrons. The highest BCUT2D eigenvalue weighted by Crippen LogP contribution is 2.25. The zero-order valence-electron chi connectivity index (χ0n) is 15.2. The first-order chi connectivity index (χ1) is 12.7. The van der Waals surface area contributed by atoms with Crippen LogP contribution in [-0.4, -0.2) is 56.9 Å². The minimum absolute atomic E-state index is 0.0243. The Morgan fingerprint density at radius 3 is 2.62 bits per heavy atom. The van der Waals surface area contributed by atoms with Crippen LogP contribution in [0.2, 0.25) is 0 Å². The van der Waals surface area contributed by atoms with Crippen LogP contribution in [0.1, 0.15) is 30.9 Å². The van der Waals surface area contributed by atoms with E-state index in [0.717, 1.165) is 38.1 Å². The Bertz CT molecular complexity index is 576. The Labute approximate surface area is 154 Å². The number of hydrogen-bond donors (Lipinski definition) is 2. The molecule has 26 heavy (non-hydrogen) atoms. The number of carbonyl (C=O) groups excluding carboxylic acids is 1. The molecule has 2 N–H and O–H groups in total. The van der Waals surface area contributed by atoms with Crippen molar-refractivity contribution in [3.8, 4) is 0 Å². The van der Waals surface area contributed by atoms with Gasteiger partial charge in [-0.1, -0.05) is 12.1 Å². The van der Waals surface area contributed by atoms with Gasteiger partial charge in [-0.25, -0.2) is 15.2 Å². The van der Waals surface area contributed by atoms with Gasteiger partial charge in [0.2, 0.25) is 5.91 Å². The van der Waals surface area contributed by atoms with E-state index in [4.69, 9.17) is 9.47 Å². The Morgan fingerprint density at radius 2 is 1.92 bits per heavy atom. The van der Waals surface area contributed by atoms with Gasteiger partial charge < -0.3 is 14.4 Å². The Hall–Kier alpha value is -1.54. The lowest BCUT2D eigenvalue weighted by atomic mass is 9.96. The fourth-order valence-corrected chi connectivity index (χ4v) is 3.56. The molecule has 0 saturated carbocycles. The number of hydrazine groups is 1. The summed E-state index contributed by atoms with van der Waals surface area (Å²) >= 11 is 0. The van der Waals surface area contributed by atoms with Gasteiger partial charge in [-0.05, 0) is 42.9 Å². The maximum Gasteiger partial charge on any atom is 0.241 e. The van der Waals surface area contributed by atoms with Crippen molar-refractivity contribution >= 4 is 5.91 Å². The van der Waals surface area contributed by atoms with Crippen LogP contribution in [0, 0.1) is 11.7 Å². The normalized spacial score (nSPS) is 24.2. The van der Waals surface area contributed by atoms with E-state index in [1.807, 2.05) is 4.90 Å². The highest BCUT2D eigenvalue weighted by Gasteiger charge is 2.34. The standard InChI is InChI=1S/C19H28FN3O3/c1-25-10-11-26-13-14-6-8-23(9-7-14)19(24)18-12-17(21-22-18)15-2-4-16(20)5-3-15/h2-5,14,17-18,21-22H,6-13H2,1H3. The summed E-state index contributed by atoms with van der Waals surface area (Å²) in [6.07, 6.45) is 2.62. The third-order valence-corrected chi connectivity index (χ3v) is 5.19. The van der Waals surface area contributed by atoms with Crippen molar-refractivity contribution in [1.82, 2.24) is 15.8 Å². The third kappa shape index (κ3) is 5.01. The summed E-state index contributed by atoms with van der Waals surface area (Å²) < 4.78 is 23.6. The topological polar surface area (TPSA) is 62.8 Å². The second-order valence-electron chi connectivity index (χ2n) is 7.02. The van der Waals surface area contributed by atoms with Crippen LogP contribution in [0.3, 0.4) is 0 Å². The minimum atomic E-state index is -0.249. The molecular weight excluding hydrogens is 337 g/mol. The van der Waals surface area contributed by atoms with E-state index in [2.05, 4.69) is 10.9 Å². The average Bonchev–Trinajstić information content (AvgIpc) is 3.16. The third-order valence-electron chi connectivity index (χ3n) is 5.19. The Balaban J connectivity index is 1.42. The van der Waals surface area contributed by atoms with E-state index < -0.39 is 0 Å². The van der Waals surface area contributed by atoms with Gasteiger partial charge in [-0.3, -0.25) is 4.79 Å². The lowest BCUT2D eigenvalue weighted by Crippen LogP contribution is -2.48. The molecule has 2 aliphatic heterocycles.